The minimum atomic E-state index is -2.64. The van der Waals surface area contributed by atoms with E-state index in [0.29, 0.717) is 11.1 Å². The van der Waals surface area contributed by atoms with Crippen LogP contribution in [0.25, 0.3) is 0 Å². The molecule has 2 saturated heterocycles. The molecular weight excluding hydrogens is 710 g/mol. The van der Waals surface area contributed by atoms with Crippen molar-refractivity contribution < 1.29 is 51.3 Å². The first-order valence-corrected chi connectivity index (χ1v) is 16.2. The van der Waals surface area contributed by atoms with Crippen molar-refractivity contribution in [2.75, 3.05) is 11.4 Å². The highest BCUT2D eigenvalue weighted by Gasteiger charge is 2.77. The fraction of sp³-hybridized carbons (Fsp3) is 0.314. The summed E-state index contributed by atoms with van der Waals surface area (Å²) < 4.78 is 73.1. The van der Waals surface area contributed by atoms with Gasteiger partial charge in [0.1, 0.15) is 17.2 Å². The van der Waals surface area contributed by atoms with Crippen molar-refractivity contribution in [2.45, 2.75) is 41.9 Å². The number of hydrogen-bond acceptors (Lipinski definition) is 6. The number of alkyl halides is 2. The van der Waals surface area contributed by atoms with E-state index in [1.165, 1.54) is 37.3 Å². The van der Waals surface area contributed by atoms with Crippen LogP contribution in [-0.2, 0) is 25.6 Å². The largest absolute Gasteiger partial charge is 0.508 e. The van der Waals surface area contributed by atoms with Gasteiger partial charge in [-0.25, -0.2) is 26.9 Å². The van der Waals surface area contributed by atoms with Crippen LogP contribution < -0.4 is 4.90 Å². The Labute approximate surface area is 290 Å². The van der Waals surface area contributed by atoms with Crippen LogP contribution >= 0.6 is 23.2 Å². The first-order chi connectivity index (χ1) is 23.5. The van der Waals surface area contributed by atoms with Gasteiger partial charge in [-0.05, 0) is 67.0 Å². The van der Waals surface area contributed by atoms with Gasteiger partial charge in [0.25, 0.3) is 11.8 Å². The topological polar surface area (TPSA) is 115 Å². The standard InChI is InChI=1S/C35H25Cl2F5N2O6/c1-14-12-16(4-9-21(14)46)23-18-7-8-19-22(31(48)43(30(19)47)11-10-15-2-5-17(45)6-3-15)20(18)13-34(36)32(49)44(33(50)35(23,34)37)29-27(41)25(39)24(38)26(40)28(29)42/h2-7,9,12,19-20,22-23,45-46H,8,10-11,13H2,1H3/t19-,20+,22-,23-,34+,35-/m0/s1. The van der Waals surface area contributed by atoms with Crippen LogP contribution in [-0.4, -0.2) is 55.0 Å². The fourth-order valence-electron chi connectivity index (χ4n) is 7.99. The van der Waals surface area contributed by atoms with Crippen LogP contribution in [0.3, 0.4) is 0 Å². The van der Waals surface area contributed by atoms with E-state index < -0.39 is 98.2 Å². The Morgan fingerprint density at radius 3 is 2.06 bits per heavy atom. The van der Waals surface area contributed by atoms with Crippen molar-refractivity contribution in [1.29, 1.82) is 0 Å². The number of allylic oxidation sites excluding steroid dienone is 2. The summed E-state index contributed by atoms with van der Waals surface area (Å²) >= 11 is 14.2. The Balaban J connectivity index is 1.36. The Morgan fingerprint density at radius 1 is 0.820 bits per heavy atom. The van der Waals surface area contributed by atoms with Gasteiger partial charge in [-0.2, -0.15) is 0 Å². The Bertz CT molecular complexity index is 2050. The van der Waals surface area contributed by atoms with Crippen LogP contribution in [0.4, 0.5) is 27.6 Å². The summed E-state index contributed by atoms with van der Waals surface area (Å²) in [6.45, 7) is 1.50. The number of carbonyl (C=O) groups is 4. The molecule has 2 aliphatic heterocycles. The number of aromatic hydroxyl groups is 2. The predicted octanol–water partition coefficient (Wildman–Crippen LogP) is 5.91. The zero-order chi connectivity index (χ0) is 36.2. The summed E-state index contributed by atoms with van der Waals surface area (Å²) in [4.78, 5) is 51.9. The summed E-state index contributed by atoms with van der Waals surface area (Å²) in [5.41, 5.74) is -0.331. The van der Waals surface area contributed by atoms with E-state index in [2.05, 4.69) is 0 Å². The maximum Gasteiger partial charge on any atom is 0.258 e. The molecular formula is C35H25Cl2F5N2O6. The van der Waals surface area contributed by atoms with E-state index in [0.717, 1.165) is 10.5 Å². The highest BCUT2D eigenvalue weighted by Crippen LogP contribution is 2.66. The summed E-state index contributed by atoms with van der Waals surface area (Å²) in [7, 11) is 0. The predicted molar refractivity (Wildman–Crippen MR) is 168 cm³/mol. The van der Waals surface area contributed by atoms with E-state index in [-0.39, 0.29) is 41.3 Å². The van der Waals surface area contributed by atoms with Crippen molar-refractivity contribution in [3.63, 3.8) is 0 Å². The van der Waals surface area contributed by atoms with Gasteiger partial charge in [0.2, 0.25) is 17.6 Å². The highest BCUT2D eigenvalue weighted by molar-refractivity contribution is 6.58. The van der Waals surface area contributed by atoms with E-state index in [9.17, 15) is 42.6 Å². The number of fused-ring (bicyclic) bond motifs is 4. The SMILES string of the molecule is Cc1cc([C@H]2C3=CC[C@@H]4C(=O)N(CCc5ccc(O)cc5)C(=O)[C@@H]4[C@@H]3C[C@@]3(Cl)C(=O)N(c4c(F)c(F)c(F)c(F)c4F)C(=O)[C@@]23Cl)ccc1O. The number of imide groups is 2. The Hall–Kier alpha value is -4.49. The quantitative estimate of drug-likeness (QED) is 0.0842. The van der Waals surface area contributed by atoms with Crippen LogP contribution in [0.1, 0.15) is 35.4 Å². The van der Waals surface area contributed by atoms with Gasteiger partial charge >= 0.3 is 0 Å². The number of benzene rings is 3. The number of likely N-dealkylation sites (tertiary alicyclic amines) is 1. The molecule has 4 amide bonds. The molecule has 8 nitrogen and oxygen atoms in total. The van der Waals surface area contributed by atoms with Crippen molar-refractivity contribution in [2.24, 2.45) is 17.8 Å². The molecule has 2 heterocycles. The smallest absolute Gasteiger partial charge is 0.258 e. The number of nitrogens with zero attached hydrogens (tertiary/aromatic N) is 2. The first kappa shape index (κ1) is 34.0. The molecule has 2 aliphatic carbocycles. The van der Waals surface area contributed by atoms with E-state index in [1.54, 1.807) is 18.2 Å². The second-order valence-electron chi connectivity index (χ2n) is 13.0. The van der Waals surface area contributed by atoms with Crippen molar-refractivity contribution >= 4 is 52.5 Å². The Kier molecular flexibility index (Phi) is 7.83. The van der Waals surface area contributed by atoms with E-state index in [4.69, 9.17) is 23.2 Å². The minimum Gasteiger partial charge on any atom is -0.508 e. The lowest BCUT2D eigenvalue weighted by molar-refractivity contribution is -0.140. The monoisotopic (exact) mass is 734 g/mol. The number of phenols is 2. The second-order valence-corrected chi connectivity index (χ2v) is 14.2. The molecule has 3 aromatic rings. The zero-order valence-corrected chi connectivity index (χ0v) is 27.3. The third-order valence-corrected chi connectivity index (χ3v) is 11.8. The lowest BCUT2D eigenvalue weighted by atomic mass is 9.56. The zero-order valence-electron chi connectivity index (χ0n) is 25.8. The number of carbonyl (C=O) groups excluding carboxylic acids is 4. The molecule has 3 aromatic carbocycles. The van der Waals surface area contributed by atoms with Gasteiger partial charge in [-0.3, -0.25) is 24.1 Å². The molecule has 7 rings (SSSR count). The van der Waals surface area contributed by atoms with Gasteiger partial charge in [0.15, 0.2) is 33.0 Å². The average Bonchev–Trinajstić information content (AvgIpc) is 3.41. The van der Waals surface area contributed by atoms with E-state index >= 15 is 8.78 Å². The minimum absolute atomic E-state index is 0.0100. The summed E-state index contributed by atoms with van der Waals surface area (Å²) in [5.74, 6) is -21.1. The summed E-state index contributed by atoms with van der Waals surface area (Å²) in [6.07, 6.45) is 1.26. The third-order valence-electron chi connectivity index (χ3n) is 10.4. The lowest BCUT2D eigenvalue weighted by Crippen LogP contribution is -2.60. The maximum absolute atomic E-state index is 15.2. The first-order valence-electron chi connectivity index (χ1n) is 15.4. The number of hydrogen-bond donors (Lipinski definition) is 2. The van der Waals surface area contributed by atoms with Gasteiger partial charge in [0.05, 0.1) is 11.8 Å². The van der Waals surface area contributed by atoms with Gasteiger partial charge in [-0.15, -0.1) is 23.2 Å². The molecule has 15 heteroatoms. The summed E-state index contributed by atoms with van der Waals surface area (Å²) in [5, 5.41) is 19.9. The number of phenolic OH excluding ortho intramolecular Hbond substituents is 2. The third kappa shape index (κ3) is 4.48. The number of rotatable bonds is 5. The second kappa shape index (κ2) is 11.5. The highest BCUT2D eigenvalue weighted by atomic mass is 35.5. The van der Waals surface area contributed by atoms with E-state index in [1.807, 2.05) is 0 Å². The maximum atomic E-state index is 15.2. The molecule has 2 N–H and O–H groups in total. The molecule has 0 radical (unpaired) electrons. The lowest BCUT2D eigenvalue weighted by Gasteiger charge is -2.50. The van der Waals surface area contributed by atoms with Crippen molar-refractivity contribution in [3.05, 3.63) is 99.9 Å². The van der Waals surface area contributed by atoms with Gasteiger partial charge < -0.3 is 10.2 Å². The van der Waals surface area contributed by atoms with Crippen LogP contribution in [0.5, 0.6) is 11.5 Å². The van der Waals surface area contributed by atoms with Crippen LogP contribution in [0.2, 0.25) is 0 Å². The van der Waals surface area contributed by atoms with Crippen molar-refractivity contribution in [3.8, 4) is 11.5 Å². The molecule has 0 unspecified atom stereocenters. The number of aryl methyl sites for hydroxylation is 1. The molecule has 0 bridgehead atoms. The fourth-order valence-corrected chi connectivity index (χ4v) is 8.92. The number of amides is 4. The molecule has 50 heavy (non-hydrogen) atoms. The average molecular weight is 735 g/mol. The van der Waals surface area contributed by atoms with Crippen molar-refractivity contribution in [1.82, 2.24) is 4.90 Å². The van der Waals surface area contributed by atoms with Crippen LogP contribution in [0, 0.1) is 53.8 Å². The number of anilines is 1. The molecule has 3 fully saturated rings. The molecule has 0 spiro atoms. The molecule has 0 aromatic heterocycles. The molecule has 260 valence electrons. The van der Waals surface area contributed by atoms with Gasteiger partial charge in [0, 0.05) is 12.5 Å². The Morgan fingerprint density at radius 2 is 1.44 bits per heavy atom. The van der Waals surface area contributed by atoms with Crippen LogP contribution in [0.15, 0.2) is 54.1 Å². The molecule has 6 atom stereocenters. The molecule has 4 aliphatic rings. The molecule has 1 saturated carbocycles. The summed E-state index contributed by atoms with van der Waals surface area (Å²) in [6, 6.07) is 10.3. The van der Waals surface area contributed by atoms with Gasteiger partial charge in [-0.1, -0.05) is 35.9 Å². The number of halogens is 7. The normalized spacial score (nSPS) is 28.9.